The monoisotopic (exact) mass is 549 g/mol. The molecule has 0 spiro atoms. The number of phenols is 1. The van der Waals surface area contributed by atoms with Crippen LogP contribution >= 0.6 is 0 Å². The van der Waals surface area contributed by atoms with Crippen LogP contribution in [-0.4, -0.2) is 36.4 Å². The van der Waals surface area contributed by atoms with E-state index in [0.29, 0.717) is 33.6 Å². The molecule has 5 N–H and O–H groups in total. The fourth-order valence-corrected chi connectivity index (χ4v) is 4.51. The zero-order chi connectivity index (χ0) is 28.3. The van der Waals surface area contributed by atoms with Crippen molar-refractivity contribution in [3.8, 4) is 11.5 Å². The molecule has 0 fully saturated rings. The maximum Gasteiger partial charge on any atom is 0.296 e. The Morgan fingerprint density at radius 3 is 2.28 bits per heavy atom. The number of rotatable bonds is 8. The zero-order valence-corrected chi connectivity index (χ0v) is 22.3. The Bertz CT molecular complexity index is 1740. The van der Waals surface area contributed by atoms with Crippen molar-refractivity contribution >= 4 is 49.3 Å². The Morgan fingerprint density at radius 2 is 1.56 bits per heavy atom. The highest BCUT2D eigenvalue weighted by molar-refractivity contribution is 7.86. The molecule has 0 aliphatic rings. The van der Waals surface area contributed by atoms with Gasteiger partial charge in [0, 0.05) is 17.1 Å². The summed E-state index contributed by atoms with van der Waals surface area (Å²) in [6, 6.07) is 14.5. The van der Waals surface area contributed by atoms with Gasteiger partial charge in [0.25, 0.3) is 10.1 Å². The number of benzene rings is 4. The Morgan fingerprint density at radius 1 is 0.846 bits per heavy atom. The van der Waals surface area contributed by atoms with Crippen LogP contribution in [0.5, 0.6) is 11.5 Å². The third kappa shape index (κ3) is 6.20. The molecular formula is C27H27N5O6S. The standard InChI is InChI=1S/C27H27N5O6S/c1-15-4-7-25(39(35,36)37)23(10-15)31-29-21-14-24(38-9-8-33)22(12-16(21)2)30-32-26-17(3)11-18-5-6-19(28)13-20(18)27(26)34/h4-7,10-14,33-34H,8-9,28H2,1-3H3,(H,35,36,37). The van der Waals surface area contributed by atoms with Gasteiger partial charge in [-0.3, -0.25) is 4.55 Å². The summed E-state index contributed by atoms with van der Waals surface area (Å²) in [6.45, 7) is 5.00. The summed E-state index contributed by atoms with van der Waals surface area (Å²) < 4.78 is 38.7. The van der Waals surface area contributed by atoms with E-state index in [4.69, 9.17) is 10.5 Å². The van der Waals surface area contributed by atoms with Gasteiger partial charge in [-0.25, -0.2) is 0 Å². The van der Waals surface area contributed by atoms with Crippen molar-refractivity contribution in [1.29, 1.82) is 0 Å². The quantitative estimate of drug-likeness (QED) is 0.110. The molecule has 4 aromatic carbocycles. The first-order chi connectivity index (χ1) is 18.5. The second-order valence-electron chi connectivity index (χ2n) is 8.90. The highest BCUT2D eigenvalue weighted by Crippen LogP contribution is 2.42. The summed E-state index contributed by atoms with van der Waals surface area (Å²) in [5.41, 5.74) is 9.29. The lowest BCUT2D eigenvalue weighted by atomic mass is 10.0. The minimum Gasteiger partial charge on any atom is -0.505 e. The number of azo groups is 2. The lowest BCUT2D eigenvalue weighted by Crippen LogP contribution is -2.01. The van der Waals surface area contributed by atoms with E-state index < -0.39 is 10.1 Å². The number of nitrogens with two attached hydrogens (primary N) is 1. The van der Waals surface area contributed by atoms with Gasteiger partial charge >= 0.3 is 0 Å². The number of hydrogen-bond donors (Lipinski definition) is 4. The molecule has 0 aromatic heterocycles. The smallest absolute Gasteiger partial charge is 0.296 e. The highest BCUT2D eigenvalue weighted by Gasteiger charge is 2.16. The van der Waals surface area contributed by atoms with Crippen LogP contribution in [0.25, 0.3) is 10.8 Å². The van der Waals surface area contributed by atoms with Crippen LogP contribution in [0.2, 0.25) is 0 Å². The lowest BCUT2D eigenvalue weighted by molar-refractivity contribution is 0.202. The van der Waals surface area contributed by atoms with Crippen LogP contribution in [-0.2, 0) is 10.1 Å². The van der Waals surface area contributed by atoms with E-state index >= 15 is 0 Å². The lowest BCUT2D eigenvalue weighted by Gasteiger charge is -2.11. The minimum absolute atomic E-state index is 0.0265. The number of hydrogen-bond acceptors (Lipinski definition) is 10. The molecule has 11 nitrogen and oxygen atoms in total. The molecule has 0 heterocycles. The molecule has 0 saturated carbocycles. The van der Waals surface area contributed by atoms with Gasteiger partial charge in [-0.2, -0.15) is 13.5 Å². The van der Waals surface area contributed by atoms with E-state index in [1.807, 2.05) is 12.1 Å². The van der Waals surface area contributed by atoms with Crippen molar-refractivity contribution in [1.82, 2.24) is 0 Å². The largest absolute Gasteiger partial charge is 0.505 e. The van der Waals surface area contributed by atoms with Gasteiger partial charge in [-0.05, 0) is 79.2 Å². The third-order valence-corrected chi connectivity index (χ3v) is 6.75. The van der Waals surface area contributed by atoms with Crippen LogP contribution in [0.3, 0.4) is 0 Å². The van der Waals surface area contributed by atoms with Crippen LogP contribution in [0.1, 0.15) is 16.7 Å². The molecule has 4 rings (SSSR count). The number of aryl methyl sites for hydroxylation is 3. The normalized spacial score (nSPS) is 12.1. The van der Waals surface area contributed by atoms with E-state index in [1.165, 1.54) is 24.3 Å². The Balaban J connectivity index is 1.75. The van der Waals surface area contributed by atoms with Gasteiger partial charge in [0.05, 0.1) is 12.3 Å². The predicted molar refractivity (Wildman–Crippen MR) is 148 cm³/mol. The molecule has 12 heteroatoms. The van der Waals surface area contributed by atoms with E-state index in [0.717, 1.165) is 10.9 Å². The summed E-state index contributed by atoms with van der Waals surface area (Å²) in [6.07, 6.45) is 0. The van der Waals surface area contributed by atoms with E-state index in [-0.39, 0.29) is 41.0 Å². The van der Waals surface area contributed by atoms with Crippen molar-refractivity contribution in [2.24, 2.45) is 20.5 Å². The number of aliphatic hydroxyl groups excluding tert-OH is 1. The Hall–Kier alpha value is -4.39. The van der Waals surface area contributed by atoms with Crippen molar-refractivity contribution in [3.05, 3.63) is 71.3 Å². The van der Waals surface area contributed by atoms with Crippen LogP contribution < -0.4 is 10.5 Å². The first-order valence-corrected chi connectivity index (χ1v) is 13.2. The van der Waals surface area contributed by atoms with Crippen LogP contribution in [0.15, 0.2) is 79.9 Å². The zero-order valence-electron chi connectivity index (χ0n) is 21.5. The fourth-order valence-electron chi connectivity index (χ4n) is 3.90. The highest BCUT2D eigenvalue weighted by atomic mass is 32.2. The number of ether oxygens (including phenoxy) is 1. The number of fused-ring (bicyclic) bond motifs is 1. The van der Waals surface area contributed by atoms with E-state index in [1.54, 1.807) is 39.0 Å². The molecule has 0 amide bonds. The maximum absolute atomic E-state index is 11.7. The topological polar surface area (TPSA) is 180 Å². The van der Waals surface area contributed by atoms with Crippen LogP contribution in [0, 0.1) is 20.8 Å². The molecule has 4 aromatic rings. The molecule has 0 aliphatic heterocycles. The molecule has 0 radical (unpaired) electrons. The Labute approximate surface area is 225 Å². The second kappa shape index (κ2) is 11.2. The molecule has 0 aliphatic carbocycles. The molecule has 0 unspecified atom stereocenters. The first kappa shape index (κ1) is 27.6. The SMILES string of the molecule is Cc1ccc(S(=O)(=O)O)c(N=Nc2cc(OCCO)c(N=Nc3c(C)cc4ccc(N)cc4c3O)cc2C)c1. The van der Waals surface area contributed by atoms with Crippen molar-refractivity contribution in [2.75, 3.05) is 18.9 Å². The maximum atomic E-state index is 11.7. The average Bonchev–Trinajstić information content (AvgIpc) is 2.87. The molecular weight excluding hydrogens is 522 g/mol. The number of anilines is 1. The molecule has 0 saturated heterocycles. The molecule has 202 valence electrons. The van der Waals surface area contributed by atoms with Crippen molar-refractivity contribution < 1.29 is 27.9 Å². The number of nitrogen functional groups attached to an aromatic ring is 1. The van der Waals surface area contributed by atoms with E-state index in [9.17, 15) is 23.2 Å². The number of phenolic OH excluding ortho intramolecular Hbond substituents is 1. The second-order valence-corrected chi connectivity index (χ2v) is 10.3. The average molecular weight is 550 g/mol. The summed E-state index contributed by atoms with van der Waals surface area (Å²) in [5, 5.41) is 38.3. The summed E-state index contributed by atoms with van der Waals surface area (Å²) >= 11 is 0. The third-order valence-electron chi connectivity index (χ3n) is 5.84. The molecule has 0 bridgehead atoms. The van der Waals surface area contributed by atoms with Gasteiger partial charge in [0.2, 0.25) is 0 Å². The Kier molecular flexibility index (Phi) is 7.90. The minimum atomic E-state index is -4.51. The summed E-state index contributed by atoms with van der Waals surface area (Å²) in [4.78, 5) is -0.371. The van der Waals surface area contributed by atoms with Crippen LogP contribution in [0.4, 0.5) is 28.4 Å². The van der Waals surface area contributed by atoms with Crippen molar-refractivity contribution in [3.63, 3.8) is 0 Å². The van der Waals surface area contributed by atoms with E-state index in [2.05, 4.69) is 20.5 Å². The predicted octanol–water partition coefficient (Wildman–Crippen LogP) is 6.50. The number of nitrogens with zero attached hydrogens (tertiary/aromatic N) is 4. The first-order valence-electron chi connectivity index (χ1n) is 11.8. The summed E-state index contributed by atoms with van der Waals surface area (Å²) in [5.74, 6) is 0.169. The van der Waals surface area contributed by atoms with Gasteiger partial charge < -0.3 is 20.7 Å². The van der Waals surface area contributed by atoms with Gasteiger partial charge in [0.15, 0.2) is 5.75 Å². The fraction of sp³-hybridized carbons (Fsp3) is 0.185. The van der Waals surface area contributed by atoms with Crippen molar-refractivity contribution in [2.45, 2.75) is 25.7 Å². The number of aromatic hydroxyl groups is 1. The summed E-state index contributed by atoms with van der Waals surface area (Å²) in [7, 11) is -4.51. The van der Waals surface area contributed by atoms with Gasteiger partial charge in [0.1, 0.15) is 34.3 Å². The molecule has 39 heavy (non-hydrogen) atoms. The van der Waals surface area contributed by atoms with Gasteiger partial charge in [-0.15, -0.1) is 15.3 Å². The molecule has 0 atom stereocenters. The van der Waals surface area contributed by atoms with Gasteiger partial charge in [-0.1, -0.05) is 12.1 Å². The number of aliphatic hydroxyl groups is 1.